The summed E-state index contributed by atoms with van der Waals surface area (Å²) in [7, 11) is 0. The molecule has 1 aliphatic heterocycles. The molecule has 0 saturated carbocycles. The Balaban J connectivity index is 2.04. The van der Waals surface area contributed by atoms with Gasteiger partial charge < -0.3 is 15.8 Å². The number of carbonyl (C=O) groups is 1. The Morgan fingerprint density at radius 1 is 1.28 bits per heavy atom. The normalized spacial score (nSPS) is 16.9. The third-order valence-corrected chi connectivity index (χ3v) is 3.90. The van der Waals surface area contributed by atoms with Crippen LogP contribution < -0.4 is 11.1 Å². The molecule has 0 unspecified atom stereocenters. The predicted octanol–water partition coefficient (Wildman–Crippen LogP) is 2.80. The summed E-state index contributed by atoms with van der Waals surface area (Å²) < 4.78 is 5.45. The zero-order valence-corrected chi connectivity index (χ0v) is 13.6. The third-order valence-electron chi connectivity index (χ3n) is 3.90. The van der Waals surface area contributed by atoms with Gasteiger partial charge in [0.05, 0.1) is 11.5 Å². The van der Waals surface area contributed by atoms with Gasteiger partial charge in [0.2, 0.25) is 5.88 Å². The van der Waals surface area contributed by atoms with E-state index < -0.39 is 5.92 Å². The van der Waals surface area contributed by atoms with Crippen LogP contribution in [0.25, 0.3) is 0 Å². The molecule has 6 nitrogen and oxygen atoms in total. The number of pyridine rings is 1. The van der Waals surface area contributed by atoms with E-state index in [1.54, 1.807) is 43.6 Å². The van der Waals surface area contributed by atoms with Gasteiger partial charge in [-0.05, 0) is 30.7 Å². The number of nitrogens with zero attached hydrogens (tertiary/aromatic N) is 2. The van der Waals surface area contributed by atoms with E-state index in [9.17, 15) is 10.1 Å². The minimum Gasteiger partial charge on any atom is -0.445 e. The van der Waals surface area contributed by atoms with Crippen LogP contribution in [0.3, 0.4) is 0 Å². The molecule has 3 N–H and O–H groups in total. The van der Waals surface area contributed by atoms with E-state index in [1.807, 2.05) is 18.2 Å². The van der Waals surface area contributed by atoms with Crippen molar-refractivity contribution in [2.45, 2.75) is 12.8 Å². The highest BCUT2D eigenvalue weighted by Crippen LogP contribution is 2.39. The van der Waals surface area contributed by atoms with Crippen LogP contribution in [0.4, 0.5) is 5.69 Å². The Labute approximate surface area is 145 Å². The largest absolute Gasteiger partial charge is 0.445 e. The van der Waals surface area contributed by atoms with Gasteiger partial charge in [-0.1, -0.05) is 24.3 Å². The van der Waals surface area contributed by atoms with E-state index in [-0.39, 0.29) is 17.4 Å². The maximum atomic E-state index is 12.9. The van der Waals surface area contributed by atoms with E-state index in [1.165, 1.54) is 0 Å². The maximum absolute atomic E-state index is 12.9. The molecule has 25 heavy (non-hydrogen) atoms. The summed E-state index contributed by atoms with van der Waals surface area (Å²) >= 11 is 0. The number of anilines is 1. The number of hydrogen-bond acceptors (Lipinski definition) is 5. The predicted molar refractivity (Wildman–Crippen MR) is 92.7 cm³/mol. The van der Waals surface area contributed by atoms with Gasteiger partial charge in [0.15, 0.2) is 0 Å². The average molecular weight is 332 g/mol. The lowest BCUT2D eigenvalue weighted by Crippen LogP contribution is -2.27. The third kappa shape index (κ3) is 3.21. The molecule has 1 amide bonds. The van der Waals surface area contributed by atoms with Gasteiger partial charge >= 0.3 is 0 Å². The first-order chi connectivity index (χ1) is 12.1. The Bertz CT molecular complexity index is 896. The molecule has 1 aromatic heterocycles. The van der Waals surface area contributed by atoms with E-state index in [2.05, 4.69) is 16.4 Å². The molecule has 0 radical (unpaired) electrons. The van der Waals surface area contributed by atoms with Crippen LogP contribution >= 0.6 is 0 Å². The van der Waals surface area contributed by atoms with Gasteiger partial charge in [-0.2, -0.15) is 5.26 Å². The number of aromatic nitrogens is 1. The van der Waals surface area contributed by atoms with Gasteiger partial charge in [0, 0.05) is 18.1 Å². The number of amides is 1. The number of nitriles is 1. The van der Waals surface area contributed by atoms with Crippen LogP contribution in [-0.2, 0) is 9.53 Å². The second-order valence-electron chi connectivity index (χ2n) is 5.50. The summed E-state index contributed by atoms with van der Waals surface area (Å²) in [5.74, 6) is -0.613. The van der Waals surface area contributed by atoms with Gasteiger partial charge in [-0.3, -0.25) is 9.78 Å². The fraction of sp³-hybridized carbons (Fsp3) is 0.105. The van der Waals surface area contributed by atoms with Crippen LogP contribution in [0.5, 0.6) is 0 Å². The molecule has 124 valence electrons. The standard InChI is InChI=1S/C19H16N4O2/c1-12-16(19(24)23-14-7-3-2-4-8-14)17(13-6-5-9-22-11-13)15(10-20)18(21)25-12/h2-9,11,17H,21H2,1H3,(H,23,24)/t17-/m1/s1. The van der Waals surface area contributed by atoms with Crippen molar-refractivity contribution in [3.63, 3.8) is 0 Å². The number of benzene rings is 1. The number of hydrogen-bond donors (Lipinski definition) is 2. The number of carbonyl (C=O) groups excluding carboxylic acids is 1. The molecule has 0 bridgehead atoms. The van der Waals surface area contributed by atoms with Crippen molar-refractivity contribution in [1.29, 1.82) is 5.26 Å². The van der Waals surface area contributed by atoms with Gasteiger partial charge in [0.1, 0.15) is 17.4 Å². The van der Waals surface area contributed by atoms with Crippen LogP contribution in [0, 0.1) is 11.3 Å². The number of rotatable bonds is 3. The fourth-order valence-electron chi connectivity index (χ4n) is 2.78. The maximum Gasteiger partial charge on any atom is 0.255 e. The van der Waals surface area contributed by atoms with Gasteiger partial charge in [-0.15, -0.1) is 0 Å². The highest BCUT2D eigenvalue weighted by Gasteiger charge is 2.35. The van der Waals surface area contributed by atoms with Crippen LogP contribution in [0.1, 0.15) is 18.4 Å². The lowest BCUT2D eigenvalue weighted by molar-refractivity contribution is -0.113. The number of nitrogens with two attached hydrogens (primary N) is 1. The Morgan fingerprint density at radius 2 is 2.04 bits per heavy atom. The summed E-state index contributed by atoms with van der Waals surface area (Å²) in [5, 5.41) is 12.4. The van der Waals surface area contributed by atoms with Crippen molar-refractivity contribution >= 4 is 11.6 Å². The van der Waals surface area contributed by atoms with Crippen molar-refractivity contribution in [3.05, 3.63) is 83.2 Å². The molecule has 0 aliphatic carbocycles. The minimum absolute atomic E-state index is 0.00474. The summed E-state index contributed by atoms with van der Waals surface area (Å²) in [6.07, 6.45) is 3.24. The summed E-state index contributed by atoms with van der Waals surface area (Å²) in [5.41, 5.74) is 7.75. The van der Waals surface area contributed by atoms with E-state index in [0.29, 0.717) is 22.6 Å². The van der Waals surface area contributed by atoms with E-state index in [0.717, 1.165) is 0 Å². The molecule has 2 aromatic rings. The summed E-state index contributed by atoms with van der Waals surface area (Å²) in [6, 6.07) is 14.7. The van der Waals surface area contributed by atoms with Crippen molar-refractivity contribution in [2.75, 3.05) is 5.32 Å². The topological polar surface area (TPSA) is 101 Å². The van der Waals surface area contributed by atoms with Gasteiger partial charge in [0.25, 0.3) is 5.91 Å². The number of allylic oxidation sites excluding steroid dienone is 2. The SMILES string of the molecule is CC1=C(C(=O)Nc2ccccc2)[C@H](c2cccnc2)C(C#N)=C(N)O1. The summed E-state index contributed by atoms with van der Waals surface area (Å²) in [4.78, 5) is 17.0. The first-order valence-electron chi connectivity index (χ1n) is 7.66. The molecule has 2 heterocycles. The lowest BCUT2D eigenvalue weighted by Gasteiger charge is -2.27. The first kappa shape index (κ1) is 16.3. The monoisotopic (exact) mass is 332 g/mol. The Hall–Kier alpha value is -3.59. The van der Waals surface area contributed by atoms with Crippen LogP contribution in [0.2, 0.25) is 0 Å². The van der Waals surface area contributed by atoms with Gasteiger partial charge in [-0.25, -0.2) is 0 Å². The van der Waals surface area contributed by atoms with Crippen molar-refractivity contribution in [1.82, 2.24) is 4.98 Å². The van der Waals surface area contributed by atoms with Crippen molar-refractivity contribution in [3.8, 4) is 6.07 Å². The molecule has 6 heteroatoms. The molecule has 0 fully saturated rings. The zero-order chi connectivity index (χ0) is 17.8. The minimum atomic E-state index is -0.629. The molecule has 1 atom stereocenters. The number of ether oxygens (including phenoxy) is 1. The van der Waals surface area contributed by atoms with Crippen LogP contribution in [-0.4, -0.2) is 10.9 Å². The highest BCUT2D eigenvalue weighted by molar-refractivity contribution is 6.06. The molecule has 0 saturated heterocycles. The molecular weight excluding hydrogens is 316 g/mol. The van der Waals surface area contributed by atoms with Crippen molar-refractivity contribution in [2.24, 2.45) is 5.73 Å². The zero-order valence-electron chi connectivity index (χ0n) is 13.6. The van der Waals surface area contributed by atoms with Crippen LogP contribution in [0.15, 0.2) is 77.6 Å². The van der Waals surface area contributed by atoms with Crippen molar-refractivity contribution < 1.29 is 9.53 Å². The number of nitrogens with one attached hydrogen (secondary N) is 1. The average Bonchev–Trinajstić information content (AvgIpc) is 2.62. The fourth-order valence-corrected chi connectivity index (χ4v) is 2.78. The highest BCUT2D eigenvalue weighted by atomic mass is 16.5. The molecule has 3 rings (SSSR count). The Kier molecular flexibility index (Phi) is 4.48. The first-order valence-corrected chi connectivity index (χ1v) is 7.66. The smallest absolute Gasteiger partial charge is 0.255 e. The molecule has 1 aromatic carbocycles. The van der Waals surface area contributed by atoms with E-state index >= 15 is 0 Å². The second-order valence-corrected chi connectivity index (χ2v) is 5.50. The Morgan fingerprint density at radius 3 is 2.68 bits per heavy atom. The summed E-state index contributed by atoms with van der Waals surface area (Å²) in [6.45, 7) is 1.66. The molecule has 1 aliphatic rings. The molecular formula is C19H16N4O2. The number of para-hydroxylation sites is 1. The second kappa shape index (κ2) is 6.89. The lowest BCUT2D eigenvalue weighted by atomic mass is 9.83. The molecule has 0 spiro atoms. The quantitative estimate of drug-likeness (QED) is 0.900. The van der Waals surface area contributed by atoms with E-state index in [4.69, 9.17) is 10.5 Å².